The van der Waals surface area contributed by atoms with Crippen molar-refractivity contribution in [3.63, 3.8) is 0 Å². The van der Waals surface area contributed by atoms with Gasteiger partial charge >= 0.3 is 0 Å². The minimum absolute atomic E-state index is 0.569. The van der Waals surface area contributed by atoms with Crippen LogP contribution >= 0.6 is 0 Å². The minimum atomic E-state index is 0.569. The summed E-state index contributed by atoms with van der Waals surface area (Å²) in [6.45, 7) is 5.70. The number of hydrogen-bond donors (Lipinski definition) is 1. The molecular formula is C12H23NO. The normalized spacial score (nSPS) is 38.8. The van der Waals surface area contributed by atoms with Gasteiger partial charge in [-0.25, -0.2) is 0 Å². The zero-order valence-corrected chi connectivity index (χ0v) is 9.30. The van der Waals surface area contributed by atoms with Crippen LogP contribution in [0.4, 0.5) is 0 Å². The van der Waals surface area contributed by atoms with Crippen molar-refractivity contribution < 1.29 is 4.74 Å². The van der Waals surface area contributed by atoms with Crippen LogP contribution in [-0.2, 0) is 4.74 Å². The lowest BCUT2D eigenvalue weighted by Gasteiger charge is -2.27. The minimum Gasteiger partial charge on any atom is -0.378 e. The van der Waals surface area contributed by atoms with E-state index in [-0.39, 0.29) is 0 Å². The van der Waals surface area contributed by atoms with Crippen LogP contribution in [0.1, 0.15) is 39.0 Å². The van der Waals surface area contributed by atoms with Crippen LogP contribution in [0.3, 0.4) is 0 Å². The van der Waals surface area contributed by atoms with Gasteiger partial charge in [-0.15, -0.1) is 0 Å². The zero-order valence-electron chi connectivity index (χ0n) is 9.30. The molecule has 1 N–H and O–H groups in total. The fourth-order valence-corrected chi connectivity index (χ4v) is 2.66. The Labute approximate surface area is 87.4 Å². The number of nitrogens with one attached hydrogen (secondary N) is 1. The molecule has 1 saturated heterocycles. The molecule has 2 nitrogen and oxygen atoms in total. The first-order chi connectivity index (χ1) is 6.84. The molecule has 2 rings (SSSR count). The van der Waals surface area contributed by atoms with E-state index in [0.717, 1.165) is 18.4 Å². The number of rotatable bonds is 3. The molecule has 2 fully saturated rings. The van der Waals surface area contributed by atoms with E-state index in [1.807, 2.05) is 0 Å². The zero-order chi connectivity index (χ0) is 9.80. The van der Waals surface area contributed by atoms with Crippen molar-refractivity contribution in [1.82, 2.24) is 5.32 Å². The molecule has 1 heterocycles. The molecule has 3 atom stereocenters. The lowest BCUT2D eigenvalue weighted by atomic mass is 9.88. The van der Waals surface area contributed by atoms with Crippen LogP contribution < -0.4 is 5.32 Å². The lowest BCUT2D eigenvalue weighted by Crippen LogP contribution is -2.24. The topological polar surface area (TPSA) is 21.3 Å². The van der Waals surface area contributed by atoms with E-state index in [9.17, 15) is 0 Å². The molecule has 2 heteroatoms. The largest absolute Gasteiger partial charge is 0.378 e. The molecule has 0 aromatic rings. The van der Waals surface area contributed by atoms with E-state index < -0.39 is 0 Å². The third-order valence-corrected chi connectivity index (χ3v) is 3.62. The molecule has 0 bridgehead atoms. The molecule has 0 radical (unpaired) electrons. The standard InChI is InChI=1S/C12H23NO/c1-10-3-2-4-12(7-10)14-9-11-5-6-13-8-11/h10-13H,2-9H2,1H3. The Bertz CT molecular complexity index is 166. The van der Waals surface area contributed by atoms with E-state index in [2.05, 4.69) is 12.2 Å². The highest BCUT2D eigenvalue weighted by molar-refractivity contribution is 4.74. The highest BCUT2D eigenvalue weighted by Gasteiger charge is 2.21. The maximum Gasteiger partial charge on any atom is 0.0577 e. The van der Waals surface area contributed by atoms with Gasteiger partial charge in [-0.3, -0.25) is 0 Å². The van der Waals surface area contributed by atoms with Crippen molar-refractivity contribution in [1.29, 1.82) is 0 Å². The van der Waals surface area contributed by atoms with Gasteiger partial charge < -0.3 is 10.1 Å². The predicted octanol–water partition coefficient (Wildman–Crippen LogP) is 2.19. The maximum absolute atomic E-state index is 6.00. The second-order valence-corrected chi connectivity index (χ2v) is 5.09. The summed E-state index contributed by atoms with van der Waals surface area (Å²) >= 11 is 0. The molecule has 0 spiro atoms. The summed E-state index contributed by atoms with van der Waals surface area (Å²) in [6, 6.07) is 0. The van der Waals surface area contributed by atoms with Crippen LogP contribution in [0.15, 0.2) is 0 Å². The van der Waals surface area contributed by atoms with Crippen molar-refractivity contribution in [3.05, 3.63) is 0 Å². The van der Waals surface area contributed by atoms with E-state index in [1.165, 1.54) is 45.2 Å². The molecule has 1 aliphatic heterocycles. The Morgan fingerprint density at radius 2 is 2.21 bits per heavy atom. The number of ether oxygens (including phenoxy) is 1. The second kappa shape index (κ2) is 5.13. The van der Waals surface area contributed by atoms with E-state index in [4.69, 9.17) is 4.74 Å². The fraction of sp³-hybridized carbons (Fsp3) is 1.00. The van der Waals surface area contributed by atoms with Crippen molar-refractivity contribution in [2.45, 2.75) is 45.1 Å². The Morgan fingerprint density at radius 1 is 1.29 bits per heavy atom. The van der Waals surface area contributed by atoms with Gasteiger partial charge in [0.1, 0.15) is 0 Å². The Hall–Kier alpha value is -0.0800. The summed E-state index contributed by atoms with van der Waals surface area (Å²) in [5.74, 6) is 1.67. The van der Waals surface area contributed by atoms with Gasteiger partial charge in [-0.05, 0) is 37.6 Å². The highest BCUT2D eigenvalue weighted by atomic mass is 16.5. The Morgan fingerprint density at radius 3 is 2.93 bits per heavy atom. The van der Waals surface area contributed by atoms with Crippen molar-refractivity contribution in [2.24, 2.45) is 11.8 Å². The predicted molar refractivity (Wildman–Crippen MR) is 58.3 cm³/mol. The molecular weight excluding hydrogens is 174 g/mol. The van der Waals surface area contributed by atoms with Gasteiger partial charge in [-0.2, -0.15) is 0 Å². The summed E-state index contributed by atoms with van der Waals surface area (Å²) in [6.07, 6.45) is 7.24. The second-order valence-electron chi connectivity index (χ2n) is 5.09. The molecule has 1 saturated carbocycles. The number of hydrogen-bond acceptors (Lipinski definition) is 2. The van der Waals surface area contributed by atoms with Gasteiger partial charge in [0.05, 0.1) is 12.7 Å². The molecule has 0 amide bonds. The van der Waals surface area contributed by atoms with Crippen molar-refractivity contribution >= 4 is 0 Å². The van der Waals surface area contributed by atoms with Crippen molar-refractivity contribution in [3.8, 4) is 0 Å². The molecule has 3 unspecified atom stereocenters. The monoisotopic (exact) mass is 197 g/mol. The van der Waals surface area contributed by atoms with Crippen LogP contribution in [0, 0.1) is 11.8 Å². The van der Waals surface area contributed by atoms with Crippen LogP contribution in [0.2, 0.25) is 0 Å². The fourth-order valence-electron chi connectivity index (χ4n) is 2.66. The average molecular weight is 197 g/mol. The van der Waals surface area contributed by atoms with Crippen LogP contribution in [-0.4, -0.2) is 25.8 Å². The first kappa shape index (κ1) is 10.4. The maximum atomic E-state index is 6.00. The van der Waals surface area contributed by atoms with E-state index >= 15 is 0 Å². The quantitative estimate of drug-likeness (QED) is 0.749. The van der Waals surface area contributed by atoms with Crippen LogP contribution in [0.25, 0.3) is 0 Å². The van der Waals surface area contributed by atoms with Gasteiger partial charge in [-0.1, -0.05) is 19.8 Å². The average Bonchev–Trinajstić information content (AvgIpc) is 2.67. The smallest absolute Gasteiger partial charge is 0.0577 e. The highest BCUT2D eigenvalue weighted by Crippen LogP contribution is 2.26. The molecule has 1 aliphatic carbocycles. The SMILES string of the molecule is CC1CCCC(OCC2CCNC2)C1. The Kier molecular flexibility index (Phi) is 3.82. The van der Waals surface area contributed by atoms with Crippen LogP contribution in [0.5, 0.6) is 0 Å². The van der Waals surface area contributed by atoms with E-state index in [1.54, 1.807) is 0 Å². The van der Waals surface area contributed by atoms with Gasteiger partial charge in [0, 0.05) is 6.54 Å². The summed E-state index contributed by atoms with van der Waals surface area (Å²) in [5.41, 5.74) is 0. The third-order valence-electron chi connectivity index (χ3n) is 3.62. The lowest BCUT2D eigenvalue weighted by molar-refractivity contribution is -0.000128. The van der Waals surface area contributed by atoms with E-state index in [0.29, 0.717) is 6.10 Å². The first-order valence-corrected chi connectivity index (χ1v) is 6.17. The van der Waals surface area contributed by atoms with Crippen molar-refractivity contribution in [2.75, 3.05) is 19.7 Å². The molecule has 82 valence electrons. The Balaban J connectivity index is 1.64. The summed E-state index contributed by atoms with van der Waals surface area (Å²) in [5, 5.41) is 3.39. The summed E-state index contributed by atoms with van der Waals surface area (Å²) in [7, 11) is 0. The summed E-state index contributed by atoms with van der Waals surface area (Å²) < 4.78 is 6.00. The first-order valence-electron chi connectivity index (χ1n) is 6.17. The molecule has 0 aromatic carbocycles. The third kappa shape index (κ3) is 2.96. The summed E-state index contributed by atoms with van der Waals surface area (Å²) in [4.78, 5) is 0. The molecule has 2 aliphatic rings. The van der Waals surface area contributed by atoms with Gasteiger partial charge in [0.2, 0.25) is 0 Å². The molecule has 14 heavy (non-hydrogen) atoms. The molecule has 0 aromatic heterocycles. The van der Waals surface area contributed by atoms with Gasteiger partial charge in [0.15, 0.2) is 0 Å². The van der Waals surface area contributed by atoms with Gasteiger partial charge in [0.25, 0.3) is 0 Å².